The maximum atomic E-state index is 11.9. The Bertz CT molecular complexity index is 639. The maximum Gasteiger partial charge on any atom is 0.303 e. The van der Waals surface area contributed by atoms with Crippen molar-refractivity contribution in [2.24, 2.45) is 0 Å². The lowest BCUT2D eigenvalue weighted by molar-refractivity contribution is -0.137. The minimum atomic E-state index is -0.903. The lowest BCUT2D eigenvalue weighted by atomic mass is 10.2. The fourth-order valence-corrected chi connectivity index (χ4v) is 1.80. The van der Waals surface area contributed by atoms with Crippen molar-refractivity contribution in [1.29, 1.82) is 5.26 Å². The lowest BCUT2D eigenvalue weighted by Gasteiger charge is -2.07. The van der Waals surface area contributed by atoms with Gasteiger partial charge in [0.05, 0.1) is 15.7 Å². The van der Waals surface area contributed by atoms with E-state index in [4.69, 9.17) is 33.6 Å². The van der Waals surface area contributed by atoms with Gasteiger partial charge in [-0.15, -0.1) is 0 Å². The van der Waals surface area contributed by atoms with E-state index in [1.165, 1.54) is 6.20 Å². The molecule has 0 saturated carbocycles. The molecule has 0 aliphatic rings. The van der Waals surface area contributed by atoms with Crippen LogP contribution in [0.15, 0.2) is 30.0 Å². The minimum absolute atomic E-state index is 0.00699. The number of nitrogens with one attached hydrogen (secondary N) is 2. The van der Waals surface area contributed by atoms with Gasteiger partial charge in [0, 0.05) is 19.2 Å². The number of carboxylic acids is 1. The van der Waals surface area contributed by atoms with Crippen molar-refractivity contribution >= 4 is 40.8 Å². The number of amides is 1. The molecule has 1 amide bonds. The molecule has 0 bridgehead atoms. The number of halogens is 2. The molecular weight excluding hydrogens is 329 g/mol. The van der Waals surface area contributed by atoms with Crippen molar-refractivity contribution in [3.8, 4) is 6.07 Å². The molecule has 1 aromatic carbocycles. The Morgan fingerprint density at radius 3 is 2.73 bits per heavy atom. The number of hydrogen-bond donors (Lipinski definition) is 3. The molecule has 8 heteroatoms. The van der Waals surface area contributed by atoms with Crippen LogP contribution in [0.1, 0.15) is 12.8 Å². The molecule has 0 radical (unpaired) electrons. The van der Waals surface area contributed by atoms with Crippen LogP contribution in [0.3, 0.4) is 0 Å². The molecule has 1 aromatic rings. The summed E-state index contributed by atoms with van der Waals surface area (Å²) in [5.41, 5.74) is 0.137. The van der Waals surface area contributed by atoms with E-state index in [9.17, 15) is 9.59 Å². The zero-order valence-corrected chi connectivity index (χ0v) is 12.9. The fourth-order valence-electron chi connectivity index (χ4n) is 1.45. The summed E-state index contributed by atoms with van der Waals surface area (Å²) in [6, 6.07) is 6.50. The molecule has 3 N–H and O–H groups in total. The van der Waals surface area contributed by atoms with Gasteiger partial charge in [-0.1, -0.05) is 29.3 Å². The van der Waals surface area contributed by atoms with Gasteiger partial charge in [0.25, 0.3) is 5.91 Å². The number of nitrogens with zero attached hydrogens (tertiary/aromatic N) is 1. The second kappa shape index (κ2) is 8.93. The van der Waals surface area contributed by atoms with E-state index >= 15 is 0 Å². The molecule has 0 spiro atoms. The number of carbonyl (C=O) groups is 2. The lowest BCUT2D eigenvalue weighted by Crippen LogP contribution is -2.17. The van der Waals surface area contributed by atoms with Crippen LogP contribution in [0.25, 0.3) is 0 Å². The smallest absolute Gasteiger partial charge is 0.303 e. The Hall–Kier alpha value is -2.23. The normalized spacial score (nSPS) is 10.7. The number of hydrogen-bond acceptors (Lipinski definition) is 4. The van der Waals surface area contributed by atoms with Gasteiger partial charge in [-0.05, 0) is 18.6 Å². The molecule has 6 nitrogen and oxygen atoms in total. The second-order valence-corrected chi connectivity index (χ2v) is 4.96. The molecule has 0 atom stereocenters. The first-order valence-corrected chi connectivity index (χ1v) is 7.02. The number of carboxylic acid groups (broad SMARTS) is 1. The highest BCUT2D eigenvalue weighted by Crippen LogP contribution is 2.29. The molecule has 0 unspecified atom stereocenters. The highest BCUT2D eigenvalue weighted by molar-refractivity contribution is 6.44. The van der Waals surface area contributed by atoms with Crippen molar-refractivity contribution in [2.75, 3.05) is 11.9 Å². The van der Waals surface area contributed by atoms with Gasteiger partial charge in [0.1, 0.15) is 11.6 Å². The van der Waals surface area contributed by atoms with Crippen molar-refractivity contribution < 1.29 is 14.7 Å². The summed E-state index contributed by atoms with van der Waals surface area (Å²) in [5, 5.41) is 23.1. The summed E-state index contributed by atoms with van der Waals surface area (Å²) in [5.74, 6) is -1.54. The van der Waals surface area contributed by atoms with E-state index in [-0.39, 0.29) is 22.0 Å². The van der Waals surface area contributed by atoms with E-state index in [0.29, 0.717) is 18.7 Å². The van der Waals surface area contributed by atoms with Crippen LogP contribution >= 0.6 is 23.2 Å². The second-order valence-electron chi connectivity index (χ2n) is 4.18. The largest absolute Gasteiger partial charge is 0.481 e. The summed E-state index contributed by atoms with van der Waals surface area (Å²) in [7, 11) is 0. The van der Waals surface area contributed by atoms with E-state index in [1.54, 1.807) is 24.3 Å². The number of benzene rings is 1. The quantitative estimate of drug-likeness (QED) is 0.402. The van der Waals surface area contributed by atoms with Crippen LogP contribution in [0, 0.1) is 11.3 Å². The number of rotatable bonds is 7. The number of nitriles is 1. The monoisotopic (exact) mass is 341 g/mol. The predicted molar refractivity (Wildman–Crippen MR) is 83.7 cm³/mol. The van der Waals surface area contributed by atoms with Crippen LogP contribution in [0.4, 0.5) is 5.69 Å². The summed E-state index contributed by atoms with van der Waals surface area (Å²) >= 11 is 11.8. The first-order valence-electron chi connectivity index (χ1n) is 6.26. The third-order valence-electron chi connectivity index (χ3n) is 2.52. The third kappa shape index (κ3) is 5.64. The Labute approximate surface area is 137 Å². The molecular formula is C14H13Cl2N3O3. The maximum absolute atomic E-state index is 11.9. The molecule has 0 aliphatic carbocycles. The first-order chi connectivity index (χ1) is 10.5. The number of anilines is 1. The highest BCUT2D eigenvalue weighted by Gasteiger charge is 2.12. The molecule has 0 saturated heterocycles. The van der Waals surface area contributed by atoms with E-state index in [0.717, 1.165) is 0 Å². The van der Waals surface area contributed by atoms with Crippen LogP contribution < -0.4 is 10.6 Å². The molecule has 22 heavy (non-hydrogen) atoms. The molecule has 0 aromatic heterocycles. The molecule has 0 heterocycles. The highest BCUT2D eigenvalue weighted by atomic mass is 35.5. The summed E-state index contributed by atoms with van der Waals surface area (Å²) in [4.78, 5) is 22.3. The van der Waals surface area contributed by atoms with Crippen LogP contribution in [-0.2, 0) is 9.59 Å². The zero-order chi connectivity index (χ0) is 16.5. The average Bonchev–Trinajstić information content (AvgIpc) is 2.47. The molecule has 0 fully saturated rings. The van der Waals surface area contributed by atoms with Crippen molar-refractivity contribution in [1.82, 2.24) is 5.32 Å². The van der Waals surface area contributed by atoms with Crippen LogP contribution in [0.5, 0.6) is 0 Å². The molecule has 0 aliphatic heterocycles. The minimum Gasteiger partial charge on any atom is -0.481 e. The van der Waals surface area contributed by atoms with E-state index in [1.807, 2.05) is 0 Å². The topological polar surface area (TPSA) is 102 Å². The van der Waals surface area contributed by atoms with Crippen molar-refractivity contribution in [3.05, 3.63) is 40.0 Å². The van der Waals surface area contributed by atoms with Gasteiger partial charge < -0.3 is 15.7 Å². The van der Waals surface area contributed by atoms with Crippen molar-refractivity contribution in [2.45, 2.75) is 12.8 Å². The number of aliphatic carboxylic acids is 1. The van der Waals surface area contributed by atoms with Gasteiger partial charge in [-0.2, -0.15) is 5.26 Å². The van der Waals surface area contributed by atoms with Gasteiger partial charge >= 0.3 is 5.97 Å². The van der Waals surface area contributed by atoms with Crippen molar-refractivity contribution in [3.63, 3.8) is 0 Å². The van der Waals surface area contributed by atoms with Gasteiger partial charge in [0.2, 0.25) is 0 Å². The molecule has 1 rings (SSSR count). The summed E-state index contributed by atoms with van der Waals surface area (Å²) < 4.78 is 0. The Morgan fingerprint density at radius 2 is 2.09 bits per heavy atom. The summed E-state index contributed by atoms with van der Waals surface area (Å²) in [6.45, 7) is 0.336. The summed E-state index contributed by atoms with van der Waals surface area (Å²) in [6.07, 6.45) is 1.62. The van der Waals surface area contributed by atoms with Crippen LogP contribution in [-0.4, -0.2) is 23.5 Å². The Kier molecular flexibility index (Phi) is 7.23. The molecule has 116 valence electrons. The first kappa shape index (κ1) is 17.8. The predicted octanol–water partition coefficient (Wildman–Crippen LogP) is 2.79. The van der Waals surface area contributed by atoms with Crippen LogP contribution in [0.2, 0.25) is 10.0 Å². The van der Waals surface area contributed by atoms with Gasteiger partial charge in [-0.25, -0.2) is 0 Å². The SMILES string of the molecule is N#C/C(=C/NCCCC(=O)O)C(=O)Nc1cccc(Cl)c1Cl. The average molecular weight is 342 g/mol. The van der Waals surface area contributed by atoms with Gasteiger partial charge in [-0.3, -0.25) is 9.59 Å². The zero-order valence-electron chi connectivity index (χ0n) is 11.4. The standard InChI is InChI=1S/C14H13Cl2N3O3/c15-10-3-1-4-11(13(10)16)19-14(22)9(7-17)8-18-6-2-5-12(20)21/h1,3-4,8,18H,2,5-6H2,(H,19,22)(H,20,21)/b9-8-. The van der Waals surface area contributed by atoms with E-state index in [2.05, 4.69) is 10.6 Å². The van der Waals surface area contributed by atoms with Gasteiger partial charge in [0.15, 0.2) is 0 Å². The number of carbonyl (C=O) groups excluding carboxylic acids is 1. The Balaban J connectivity index is 2.63. The fraction of sp³-hybridized carbons (Fsp3) is 0.214. The third-order valence-corrected chi connectivity index (χ3v) is 3.34. The Morgan fingerprint density at radius 1 is 1.36 bits per heavy atom. The van der Waals surface area contributed by atoms with E-state index < -0.39 is 11.9 Å².